The smallest absolute Gasteiger partial charge is 0.0624 e. The monoisotopic (exact) mass is 151 g/mol. The number of allylic oxidation sites excluding steroid dienone is 2. The Bertz CT molecular complexity index is 151. The van der Waals surface area contributed by atoms with Crippen LogP contribution < -0.4 is 0 Å². The Kier molecular flexibility index (Phi) is 5.56. The van der Waals surface area contributed by atoms with Gasteiger partial charge in [-0.15, -0.1) is 0 Å². The summed E-state index contributed by atoms with van der Waals surface area (Å²) < 4.78 is 0. The van der Waals surface area contributed by atoms with E-state index < -0.39 is 0 Å². The van der Waals surface area contributed by atoms with Gasteiger partial charge >= 0.3 is 0 Å². The second-order valence-corrected chi connectivity index (χ2v) is 3.38. The fourth-order valence-electron chi connectivity index (χ4n) is 0.822. The summed E-state index contributed by atoms with van der Waals surface area (Å²) in [6.45, 7) is 6.42. The average Bonchev–Trinajstić information content (AvgIpc) is 1.87. The number of hydrogen-bond acceptors (Lipinski definition) is 1. The number of nitrogens with zero attached hydrogens (tertiary/aromatic N) is 1. The van der Waals surface area contributed by atoms with Crippen molar-refractivity contribution in [2.45, 2.75) is 33.6 Å². The Hall–Kier alpha value is -0.770. The summed E-state index contributed by atoms with van der Waals surface area (Å²) in [6, 6.07) is 2.17. The van der Waals surface area contributed by atoms with E-state index in [4.69, 9.17) is 5.26 Å². The van der Waals surface area contributed by atoms with Crippen molar-refractivity contribution in [3.8, 4) is 6.07 Å². The van der Waals surface area contributed by atoms with Crippen LogP contribution in [0.5, 0.6) is 0 Å². The fraction of sp³-hybridized carbons (Fsp3) is 0.700. The van der Waals surface area contributed by atoms with Crippen LogP contribution in [0, 0.1) is 23.2 Å². The molecule has 11 heavy (non-hydrogen) atoms. The molecule has 0 rings (SSSR count). The Balaban J connectivity index is 3.46. The summed E-state index contributed by atoms with van der Waals surface area (Å²) in [5.41, 5.74) is 0. The molecule has 62 valence electrons. The summed E-state index contributed by atoms with van der Waals surface area (Å²) in [7, 11) is 0. The molecule has 0 aromatic carbocycles. The summed E-state index contributed by atoms with van der Waals surface area (Å²) >= 11 is 0. The van der Waals surface area contributed by atoms with Crippen molar-refractivity contribution in [3.05, 3.63) is 12.2 Å². The zero-order valence-corrected chi connectivity index (χ0v) is 7.67. The van der Waals surface area contributed by atoms with Crippen LogP contribution in [0.3, 0.4) is 0 Å². The predicted molar refractivity (Wildman–Crippen MR) is 48.0 cm³/mol. The standard InChI is InChI=1S/C10H17N/c1-9(2)5-4-6-10(3)7-8-11/h4-5,9-10H,6-7H2,1-3H3. The molecule has 1 atom stereocenters. The maximum atomic E-state index is 8.37. The van der Waals surface area contributed by atoms with Crippen LogP contribution in [0.15, 0.2) is 12.2 Å². The highest BCUT2D eigenvalue weighted by Crippen LogP contribution is 2.07. The molecule has 0 fully saturated rings. The van der Waals surface area contributed by atoms with Gasteiger partial charge in [-0.2, -0.15) is 5.26 Å². The van der Waals surface area contributed by atoms with Crippen molar-refractivity contribution in [1.82, 2.24) is 0 Å². The van der Waals surface area contributed by atoms with E-state index in [2.05, 4.69) is 39.0 Å². The lowest BCUT2D eigenvalue weighted by atomic mass is 10.0. The SMILES string of the molecule is CC(C)C=CCC(C)CC#N. The molecule has 0 aromatic rings. The molecule has 0 aromatic heterocycles. The van der Waals surface area contributed by atoms with Crippen molar-refractivity contribution in [2.75, 3.05) is 0 Å². The van der Waals surface area contributed by atoms with Crippen LogP contribution in [0.25, 0.3) is 0 Å². The molecule has 0 aliphatic rings. The van der Waals surface area contributed by atoms with Crippen molar-refractivity contribution < 1.29 is 0 Å². The third kappa shape index (κ3) is 7.12. The van der Waals surface area contributed by atoms with E-state index in [1.165, 1.54) is 0 Å². The first-order valence-corrected chi connectivity index (χ1v) is 4.20. The molecule has 0 radical (unpaired) electrons. The van der Waals surface area contributed by atoms with Gasteiger partial charge in [-0.05, 0) is 18.3 Å². The van der Waals surface area contributed by atoms with Crippen molar-refractivity contribution in [2.24, 2.45) is 11.8 Å². The maximum Gasteiger partial charge on any atom is 0.0624 e. The van der Waals surface area contributed by atoms with Gasteiger partial charge in [-0.3, -0.25) is 0 Å². The summed E-state index contributed by atoms with van der Waals surface area (Å²) in [5.74, 6) is 1.14. The van der Waals surface area contributed by atoms with Crippen molar-refractivity contribution >= 4 is 0 Å². The molecule has 0 amide bonds. The lowest BCUT2D eigenvalue weighted by Crippen LogP contribution is -1.90. The topological polar surface area (TPSA) is 23.8 Å². The lowest BCUT2D eigenvalue weighted by molar-refractivity contribution is 0.606. The fourth-order valence-corrected chi connectivity index (χ4v) is 0.822. The maximum absolute atomic E-state index is 8.37. The van der Waals surface area contributed by atoms with E-state index in [0.717, 1.165) is 6.42 Å². The Morgan fingerprint density at radius 2 is 2.00 bits per heavy atom. The first kappa shape index (κ1) is 10.2. The van der Waals surface area contributed by atoms with Gasteiger partial charge in [-0.1, -0.05) is 32.9 Å². The van der Waals surface area contributed by atoms with Crippen LogP contribution >= 0.6 is 0 Å². The predicted octanol–water partition coefficient (Wildman–Crippen LogP) is 3.14. The molecule has 0 spiro atoms. The summed E-state index contributed by atoms with van der Waals surface area (Å²) in [5, 5.41) is 8.37. The Morgan fingerprint density at radius 3 is 2.45 bits per heavy atom. The molecule has 1 heteroatoms. The zero-order valence-electron chi connectivity index (χ0n) is 7.67. The summed E-state index contributed by atoms with van der Waals surface area (Å²) in [4.78, 5) is 0. The van der Waals surface area contributed by atoms with Crippen molar-refractivity contribution in [1.29, 1.82) is 5.26 Å². The van der Waals surface area contributed by atoms with Gasteiger partial charge in [0.15, 0.2) is 0 Å². The van der Waals surface area contributed by atoms with Gasteiger partial charge < -0.3 is 0 Å². The van der Waals surface area contributed by atoms with E-state index in [0.29, 0.717) is 18.3 Å². The number of hydrogen-bond donors (Lipinski definition) is 0. The highest BCUT2D eigenvalue weighted by atomic mass is 14.2. The number of rotatable bonds is 4. The molecule has 0 bridgehead atoms. The molecule has 0 N–H and O–H groups in total. The van der Waals surface area contributed by atoms with Crippen molar-refractivity contribution in [3.63, 3.8) is 0 Å². The zero-order chi connectivity index (χ0) is 8.69. The molecule has 0 saturated heterocycles. The van der Waals surface area contributed by atoms with Gasteiger partial charge in [0.25, 0.3) is 0 Å². The minimum atomic E-state index is 0.509. The quantitative estimate of drug-likeness (QED) is 0.566. The van der Waals surface area contributed by atoms with Gasteiger partial charge in [0.2, 0.25) is 0 Å². The summed E-state index contributed by atoms with van der Waals surface area (Å²) in [6.07, 6.45) is 6.06. The highest BCUT2D eigenvalue weighted by Gasteiger charge is 1.96. The molecular formula is C10H17N. The third-order valence-corrected chi connectivity index (χ3v) is 1.50. The second kappa shape index (κ2) is 5.97. The average molecular weight is 151 g/mol. The largest absolute Gasteiger partial charge is 0.198 e. The van der Waals surface area contributed by atoms with Gasteiger partial charge in [0.05, 0.1) is 6.07 Å². The Morgan fingerprint density at radius 1 is 1.36 bits per heavy atom. The molecule has 0 aliphatic heterocycles. The molecule has 0 heterocycles. The molecule has 1 unspecified atom stereocenters. The minimum absolute atomic E-state index is 0.509. The van der Waals surface area contributed by atoms with Crippen LogP contribution in [0.2, 0.25) is 0 Å². The third-order valence-electron chi connectivity index (χ3n) is 1.50. The first-order valence-electron chi connectivity index (χ1n) is 4.20. The minimum Gasteiger partial charge on any atom is -0.198 e. The van der Waals surface area contributed by atoms with Gasteiger partial charge in [-0.25, -0.2) is 0 Å². The molecule has 0 aliphatic carbocycles. The van der Waals surface area contributed by atoms with Crippen LogP contribution in [0.4, 0.5) is 0 Å². The molecule has 0 saturated carbocycles. The normalized spacial score (nSPS) is 13.7. The first-order chi connectivity index (χ1) is 5.16. The van der Waals surface area contributed by atoms with E-state index in [9.17, 15) is 0 Å². The van der Waals surface area contributed by atoms with E-state index >= 15 is 0 Å². The van der Waals surface area contributed by atoms with E-state index in [1.54, 1.807) is 0 Å². The van der Waals surface area contributed by atoms with E-state index in [-0.39, 0.29) is 0 Å². The molecule has 1 nitrogen and oxygen atoms in total. The van der Waals surface area contributed by atoms with Gasteiger partial charge in [0, 0.05) is 6.42 Å². The van der Waals surface area contributed by atoms with Crippen LogP contribution in [0.1, 0.15) is 33.6 Å². The Labute approximate surface area is 69.7 Å². The number of nitriles is 1. The van der Waals surface area contributed by atoms with Gasteiger partial charge in [0.1, 0.15) is 0 Å². The van der Waals surface area contributed by atoms with Crippen LogP contribution in [-0.4, -0.2) is 0 Å². The molecular weight excluding hydrogens is 134 g/mol. The lowest BCUT2D eigenvalue weighted by Gasteiger charge is -2.01. The van der Waals surface area contributed by atoms with E-state index in [1.807, 2.05) is 0 Å². The van der Waals surface area contributed by atoms with Crippen LogP contribution in [-0.2, 0) is 0 Å². The second-order valence-electron chi connectivity index (χ2n) is 3.38. The highest BCUT2D eigenvalue weighted by molar-refractivity contribution is 4.87.